The van der Waals surface area contributed by atoms with E-state index in [1.165, 1.54) is 0 Å². The van der Waals surface area contributed by atoms with E-state index in [0.29, 0.717) is 25.5 Å². The fraction of sp³-hybridized carbons (Fsp3) is 0.600. The molecule has 1 saturated heterocycles. The number of hydrogen-bond acceptors (Lipinski definition) is 7. The van der Waals surface area contributed by atoms with Crippen molar-refractivity contribution >= 4 is 0 Å². The Morgan fingerprint density at radius 3 is 3.04 bits per heavy atom. The number of nitrogens with zero attached hydrogens (tertiary/aromatic N) is 6. The van der Waals surface area contributed by atoms with Crippen LogP contribution in [0.25, 0.3) is 0 Å². The van der Waals surface area contributed by atoms with Gasteiger partial charge in [0, 0.05) is 32.8 Å². The summed E-state index contributed by atoms with van der Waals surface area (Å²) in [6, 6.07) is 2.24. The van der Waals surface area contributed by atoms with E-state index in [2.05, 4.69) is 25.1 Å². The normalized spacial score (nSPS) is 22.2. The van der Waals surface area contributed by atoms with Crippen LogP contribution in [0, 0.1) is 0 Å². The summed E-state index contributed by atoms with van der Waals surface area (Å²) in [5, 5.41) is 18.9. The third kappa shape index (κ3) is 3.83. The van der Waals surface area contributed by atoms with Gasteiger partial charge in [0.15, 0.2) is 0 Å². The van der Waals surface area contributed by atoms with Gasteiger partial charge in [-0.05, 0) is 25.5 Å². The minimum Gasteiger partial charge on any atom is -0.467 e. The fourth-order valence-electron chi connectivity index (χ4n) is 3.04. The maximum absolute atomic E-state index is 10.9. The van der Waals surface area contributed by atoms with E-state index in [9.17, 15) is 5.11 Å². The van der Waals surface area contributed by atoms with Crippen molar-refractivity contribution in [2.24, 2.45) is 7.05 Å². The summed E-state index contributed by atoms with van der Waals surface area (Å²) in [7, 11) is 3.45. The largest absolute Gasteiger partial charge is 0.467 e. The van der Waals surface area contributed by atoms with Crippen molar-refractivity contribution in [2.45, 2.75) is 31.4 Å². The Labute approximate surface area is 135 Å². The van der Waals surface area contributed by atoms with Crippen LogP contribution in [0.15, 0.2) is 18.6 Å². The molecular weight excluding hydrogens is 296 g/mol. The number of β-amino-alcohol motifs (C(OH)–C–C–N with tert-alkyl or cyclic N) is 1. The second-order valence-corrected chi connectivity index (χ2v) is 6.11. The molecule has 1 unspecified atom stereocenters. The second kappa shape index (κ2) is 6.59. The van der Waals surface area contributed by atoms with E-state index in [0.717, 1.165) is 30.9 Å². The molecule has 1 N–H and O–H groups in total. The molecule has 0 aromatic carbocycles. The van der Waals surface area contributed by atoms with Crippen LogP contribution in [0.1, 0.15) is 24.4 Å². The van der Waals surface area contributed by atoms with Crippen LogP contribution in [0.4, 0.5) is 0 Å². The number of aromatic nitrogens is 5. The van der Waals surface area contributed by atoms with Crippen LogP contribution in [-0.2, 0) is 20.0 Å². The van der Waals surface area contributed by atoms with E-state index < -0.39 is 5.60 Å². The van der Waals surface area contributed by atoms with Crippen molar-refractivity contribution < 1.29 is 9.84 Å². The van der Waals surface area contributed by atoms with E-state index in [1.807, 2.05) is 17.7 Å². The van der Waals surface area contributed by atoms with Crippen molar-refractivity contribution in [3.63, 3.8) is 0 Å². The summed E-state index contributed by atoms with van der Waals surface area (Å²) in [6.07, 6.45) is 5.57. The smallest absolute Gasteiger partial charge is 0.316 e. The lowest BCUT2D eigenvalue weighted by Gasteiger charge is -2.38. The summed E-state index contributed by atoms with van der Waals surface area (Å²) in [6.45, 7) is 2.19. The molecule has 0 amide bonds. The number of rotatable bonds is 5. The molecule has 0 saturated carbocycles. The molecule has 1 fully saturated rings. The highest BCUT2D eigenvalue weighted by molar-refractivity contribution is 5.06. The molecule has 0 radical (unpaired) electrons. The van der Waals surface area contributed by atoms with Gasteiger partial charge in [-0.1, -0.05) is 0 Å². The predicted molar refractivity (Wildman–Crippen MR) is 82.8 cm³/mol. The first-order valence-electron chi connectivity index (χ1n) is 7.71. The summed E-state index contributed by atoms with van der Waals surface area (Å²) >= 11 is 0. The Kier molecular flexibility index (Phi) is 4.53. The summed E-state index contributed by atoms with van der Waals surface area (Å²) in [5.41, 5.74) is 0.107. The molecule has 2 aromatic rings. The maximum Gasteiger partial charge on any atom is 0.316 e. The van der Waals surface area contributed by atoms with Crippen LogP contribution in [0.2, 0.25) is 0 Å². The van der Waals surface area contributed by atoms with Crippen LogP contribution in [-0.4, -0.2) is 60.5 Å². The highest BCUT2D eigenvalue weighted by Crippen LogP contribution is 2.25. The third-order valence-electron chi connectivity index (χ3n) is 4.19. The van der Waals surface area contributed by atoms with Gasteiger partial charge in [0.2, 0.25) is 0 Å². The van der Waals surface area contributed by atoms with Gasteiger partial charge in [-0.2, -0.15) is 4.98 Å². The molecule has 1 aliphatic heterocycles. The number of ether oxygens (including phenoxy) is 1. The Morgan fingerprint density at radius 2 is 2.30 bits per heavy atom. The van der Waals surface area contributed by atoms with Gasteiger partial charge in [0.1, 0.15) is 12.2 Å². The van der Waals surface area contributed by atoms with Crippen LogP contribution >= 0.6 is 0 Å². The standard InChI is InChI=1S/C15H22N6O2/c1-20-11-17-19-13(20)8-15(22)5-3-7-21(10-15)9-12-4-6-16-14(18-12)23-2/h4,6,11,22H,3,5,7-10H2,1-2H3. The Bertz CT molecular complexity index is 661. The average Bonchev–Trinajstić information content (AvgIpc) is 2.92. The molecule has 1 aliphatic rings. The molecule has 0 aliphatic carbocycles. The highest BCUT2D eigenvalue weighted by atomic mass is 16.5. The number of methoxy groups -OCH3 is 1. The molecule has 23 heavy (non-hydrogen) atoms. The number of likely N-dealkylation sites (tertiary alicyclic amines) is 1. The zero-order valence-electron chi connectivity index (χ0n) is 13.5. The fourth-order valence-corrected chi connectivity index (χ4v) is 3.04. The topological polar surface area (TPSA) is 89.2 Å². The van der Waals surface area contributed by atoms with Crippen molar-refractivity contribution in [3.05, 3.63) is 30.1 Å². The SMILES string of the molecule is COc1nccc(CN2CCCC(O)(Cc3nncn3C)C2)n1. The highest BCUT2D eigenvalue weighted by Gasteiger charge is 2.34. The summed E-state index contributed by atoms with van der Waals surface area (Å²) in [4.78, 5) is 10.6. The summed E-state index contributed by atoms with van der Waals surface area (Å²) < 4.78 is 6.91. The van der Waals surface area contributed by atoms with Crippen LogP contribution in [0.5, 0.6) is 6.01 Å². The number of hydrogen-bond donors (Lipinski definition) is 1. The van der Waals surface area contributed by atoms with Gasteiger partial charge in [0.05, 0.1) is 18.4 Å². The number of piperidine rings is 1. The van der Waals surface area contributed by atoms with E-state index in [4.69, 9.17) is 4.74 Å². The first-order chi connectivity index (χ1) is 11.1. The van der Waals surface area contributed by atoms with E-state index >= 15 is 0 Å². The maximum atomic E-state index is 10.9. The molecule has 3 rings (SSSR count). The first kappa shape index (κ1) is 15.8. The van der Waals surface area contributed by atoms with Gasteiger partial charge in [0.25, 0.3) is 0 Å². The van der Waals surface area contributed by atoms with Crippen molar-refractivity contribution in [1.82, 2.24) is 29.6 Å². The lowest BCUT2D eigenvalue weighted by Crippen LogP contribution is -2.49. The van der Waals surface area contributed by atoms with Crippen LogP contribution < -0.4 is 4.74 Å². The molecule has 1 atom stereocenters. The van der Waals surface area contributed by atoms with Crippen LogP contribution in [0.3, 0.4) is 0 Å². The second-order valence-electron chi connectivity index (χ2n) is 6.11. The van der Waals surface area contributed by atoms with E-state index in [1.54, 1.807) is 19.6 Å². The van der Waals surface area contributed by atoms with Crippen molar-refractivity contribution in [1.29, 1.82) is 0 Å². The zero-order valence-corrected chi connectivity index (χ0v) is 13.5. The van der Waals surface area contributed by atoms with Crippen molar-refractivity contribution in [3.8, 4) is 6.01 Å². The Balaban J connectivity index is 1.66. The lowest BCUT2D eigenvalue weighted by molar-refractivity contribution is -0.0348. The summed E-state index contributed by atoms with van der Waals surface area (Å²) in [5.74, 6) is 0.804. The Morgan fingerprint density at radius 1 is 1.43 bits per heavy atom. The molecule has 8 nitrogen and oxygen atoms in total. The third-order valence-corrected chi connectivity index (χ3v) is 4.19. The molecule has 124 valence electrons. The van der Waals surface area contributed by atoms with Gasteiger partial charge in [-0.15, -0.1) is 10.2 Å². The minimum absolute atomic E-state index is 0.369. The molecular formula is C15H22N6O2. The number of aryl methyl sites for hydroxylation is 1. The van der Waals surface area contributed by atoms with Gasteiger partial charge < -0.3 is 14.4 Å². The molecule has 0 spiro atoms. The van der Waals surface area contributed by atoms with Gasteiger partial charge in [-0.25, -0.2) is 4.98 Å². The van der Waals surface area contributed by atoms with E-state index in [-0.39, 0.29) is 0 Å². The van der Waals surface area contributed by atoms with Gasteiger partial charge >= 0.3 is 6.01 Å². The number of aliphatic hydroxyl groups is 1. The van der Waals surface area contributed by atoms with Gasteiger partial charge in [-0.3, -0.25) is 4.90 Å². The lowest BCUT2D eigenvalue weighted by atomic mass is 9.89. The molecule has 3 heterocycles. The monoisotopic (exact) mass is 318 g/mol. The molecule has 0 bridgehead atoms. The zero-order chi connectivity index (χ0) is 16.3. The average molecular weight is 318 g/mol. The van der Waals surface area contributed by atoms with Crippen molar-refractivity contribution in [2.75, 3.05) is 20.2 Å². The first-order valence-corrected chi connectivity index (χ1v) is 7.71. The molecule has 8 heteroatoms. The molecule has 2 aromatic heterocycles. The predicted octanol–water partition coefficient (Wildman–Crippen LogP) is 0.183. The minimum atomic E-state index is -0.782. The quantitative estimate of drug-likeness (QED) is 0.841. The Hall–Kier alpha value is -2.06.